The van der Waals surface area contributed by atoms with Crippen molar-refractivity contribution in [3.8, 4) is 0 Å². The van der Waals surface area contributed by atoms with Crippen LogP contribution in [0.5, 0.6) is 0 Å². The van der Waals surface area contributed by atoms with E-state index in [4.69, 9.17) is 0 Å². The second-order valence-electron chi connectivity index (χ2n) is 6.68. The molecule has 1 N–H and O–H groups in total. The van der Waals surface area contributed by atoms with Crippen LogP contribution in [0.1, 0.15) is 37.8 Å². The number of nitrogens with one attached hydrogen (secondary N) is 1. The third-order valence-corrected chi connectivity index (χ3v) is 4.78. The first-order chi connectivity index (χ1) is 11.2. The van der Waals surface area contributed by atoms with E-state index < -0.39 is 0 Å². The number of hydrogen-bond acceptors (Lipinski definition) is 5. The first kappa shape index (κ1) is 16.2. The summed E-state index contributed by atoms with van der Waals surface area (Å²) in [6.45, 7) is 6.07. The van der Waals surface area contributed by atoms with Crippen LogP contribution < -0.4 is 10.2 Å². The number of aryl methyl sites for hydroxylation is 1. The molecule has 0 aromatic carbocycles. The molecule has 1 aromatic rings. The highest BCUT2D eigenvalue weighted by molar-refractivity contribution is 5.78. The average Bonchev–Trinajstić information content (AvgIpc) is 2.56. The number of piperazine rings is 1. The Labute approximate surface area is 138 Å². The average molecular weight is 317 g/mol. The number of aromatic nitrogens is 2. The molecule has 1 aliphatic carbocycles. The maximum Gasteiger partial charge on any atom is 0.234 e. The van der Waals surface area contributed by atoms with Crippen LogP contribution >= 0.6 is 0 Å². The Morgan fingerprint density at radius 1 is 1.17 bits per heavy atom. The van der Waals surface area contributed by atoms with Crippen molar-refractivity contribution in [1.82, 2.24) is 20.2 Å². The van der Waals surface area contributed by atoms with Crippen LogP contribution in [0.3, 0.4) is 0 Å². The molecule has 0 atom stereocenters. The van der Waals surface area contributed by atoms with Crippen LogP contribution in [-0.4, -0.2) is 59.5 Å². The van der Waals surface area contributed by atoms with Gasteiger partial charge in [0.15, 0.2) is 0 Å². The zero-order valence-corrected chi connectivity index (χ0v) is 14.0. The van der Waals surface area contributed by atoms with Gasteiger partial charge in [0.25, 0.3) is 0 Å². The first-order valence-corrected chi connectivity index (χ1v) is 8.76. The van der Waals surface area contributed by atoms with Gasteiger partial charge in [0.2, 0.25) is 5.91 Å². The van der Waals surface area contributed by atoms with E-state index in [1.807, 2.05) is 13.1 Å². The van der Waals surface area contributed by atoms with E-state index in [0.717, 1.165) is 50.5 Å². The van der Waals surface area contributed by atoms with Crippen molar-refractivity contribution in [3.05, 3.63) is 18.1 Å². The molecule has 2 aliphatic rings. The molecule has 1 aromatic heterocycles. The van der Waals surface area contributed by atoms with E-state index in [9.17, 15) is 4.79 Å². The van der Waals surface area contributed by atoms with Gasteiger partial charge >= 0.3 is 0 Å². The molecule has 1 aliphatic heterocycles. The van der Waals surface area contributed by atoms with E-state index in [0.29, 0.717) is 12.6 Å². The lowest BCUT2D eigenvalue weighted by molar-refractivity contribution is -0.123. The van der Waals surface area contributed by atoms with Crippen molar-refractivity contribution in [2.75, 3.05) is 37.6 Å². The molecule has 2 fully saturated rings. The summed E-state index contributed by atoms with van der Waals surface area (Å²) in [4.78, 5) is 25.4. The van der Waals surface area contributed by atoms with Gasteiger partial charge in [-0.25, -0.2) is 4.98 Å². The van der Waals surface area contributed by atoms with Crippen molar-refractivity contribution < 1.29 is 4.79 Å². The second kappa shape index (κ2) is 7.73. The fraction of sp³-hybridized carbons (Fsp3) is 0.706. The van der Waals surface area contributed by atoms with Crippen LogP contribution in [0.4, 0.5) is 5.82 Å². The number of rotatable bonds is 4. The third-order valence-electron chi connectivity index (χ3n) is 4.78. The molecule has 1 saturated heterocycles. The zero-order chi connectivity index (χ0) is 16.1. The van der Waals surface area contributed by atoms with Gasteiger partial charge in [0.1, 0.15) is 5.82 Å². The fourth-order valence-electron chi connectivity index (χ4n) is 3.46. The number of carbonyl (C=O) groups is 1. The van der Waals surface area contributed by atoms with Crippen molar-refractivity contribution in [2.45, 2.75) is 45.1 Å². The number of amides is 1. The standard InChI is InChI=1S/C17H27N5O/c1-14-11-18-12-16(19-14)22-9-7-21(8-10-22)13-17(23)20-15-5-3-2-4-6-15/h11-12,15H,2-10,13H2,1H3,(H,20,23). The van der Waals surface area contributed by atoms with Crippen LogP contribution in [0.2, 0.25) is 0 Å². The summed E-state index contributed by atoms with van der Waals surface area (Å²) in [7, 11) is 0. The molecule has 6 heteroatoms. The quantitative estimate of drug-likeness (QED) is 0.908. The number of hydrogen-bond donors (Lipinski definition) is 1. The highest BCUT2D eigenvalue weighted by Crippen LogP contribution is 2.17. The summed E-state index contributed by atoms with van der Waals surface area (Å²) in [5.74, 6) is 1.12. The van der Waals surface area contributed by atoms with Crippen LogP contribution in [0.25, 0.3) is 0 Å². The Kier molecular flexibility index (Phi) is 5.43. The molecule has 6 nitrogen and oxygen atoms in total. The SMILES string of the molecule is Cc1cncc(N2CCN(CC(=O)NC3CCCCC3)CC2)n1. The van der Waals surface area contributed by atoms with Crippen LogP contribution in [0, 0.1) is 6.92 Å². The van der Waals surface area contributed by atoms with Gasteiger partial charge < -0.3 is 10.2 Å². The molecule has 0 radical (unpaired) electrons. The molecule has 3 rings (SSSR count). The lowest BCUT2D eigenvalue weighted by Gasteiger charge is -2.35. The summed E-state index contributed by atoms with van der Waals surface area (Å²) < 4.78 is 0. The fourth-order valence-corrected chi connectivity index (χ4v) is 3.46. The molecule has 0 spiro atoms. The Bertz CT molecular complexity index is 521. The monoisotopic (exact) mass is 317 g/mol. The third kappa shape index (κ3) is 4.64. The van der Waals surface area contributed by atoms with Crippen LogP contribution in [0.15, 0.2) is 12.4 Å². The molecular weight excluding hydrogens is 290 g/mol. The Morgan fingerprint density at radius 2 is 1.91 bits per heavy atom. The van der Waals surface area contributed by atoms with Gasteiger partial charge in [-0.3, -0.25) is 14.7 Å². The van der Waals surface area contributed by atoms with Crippen molar-refractivity contribution in [2.24, 2.45) is 0 Å². The predicted octanol–water partition coefficient (Wildman–Crippen LogP) is 1.36. The Morgan fingerprint density at radius 3 is 2.61 bits per heavy atom. The number of nitrogens with zero attached hydrogens (tertiary/aromatic N) is 4. The van der Waals surface area contributed by atoms with Gasteiger partial charge in [-0.05, 0) is 19.8 Å². The van der Waals surface area contributed by atoms with E-state index in [1.165, 1.54) is 19.3 Å². The zero-order valence-electron chi connectivity index (χ0n) is 14.0. The van der Waals surface area contributed by atoms with Gasteiger partial charge in [-0.2, -0.15) is 0 Å². The Hall–Kier alpha value is -1.69. The van der Waals surface area contributed by atoms with Gasteiger partial charge in [-0.1, -0.05) is 19.3 Å². The minimum atomic E-state index is 0.181. The minimum absolute atomic E-state index is 0.181. The molecule has 126 valence electrons. The van der Waals surface area contributed by atoms with Crippen LogP contribution in [-0.2, 0) is 4.79 Å². The first-order valence-electron chi connectivity index (χ1n) is 8.76. The molecule has 23 heavy (non-hydrogen) atoms. The van der Waals surface area contributed by atoms with Gasteiger partial charge in [0.05, 0.1) is 18.4 Å². The van der Waals surface area contributed by atoms with Gasteiger partial charge in [0, 0.05) is 38.4 Å². The molecule has 1 saturated carbocycles. The lowest BCUT2D eigenvalue weighted by atomic mass is 9.95. The summed E-state index contributed by atoms with van der Waals surface area (Å²) in [5, 5.41) is 3.20. The summed E-state index contributed by atoms with van der Waals surface area (Å²) in [6, 6.07) is 0.403. The second-order valence-corrected chi connectivity index (χ2v) is 6.68. The molecule has 0 unspecified atom stereocenters. The van der Waals surface area contributed by atoms with E-state index >= 15 is 0 Å². The van der Waals surface area contributed by atoms with E-state index in [-0.39, 0.29) is 5.91 Å². The molecule has 1 amide bonds. The van der Waals surface area contributed by atoms with Crippen molar-refractivity contribution in [1.29, 1.82) is 0 Å². The maximum absolute atomic E-state index is 12.2. The summed E-state index contributed by atoms with van der Waals surface area (Å²) in [5.41, 5.74) is 0.941. The summed E-state index contributed by atoms with van der Waals surface area (Å²) >= 11 is 0. The normalized spacial score (nSPS) is 20.5. The number of carbonyl (C=O) groups excluding carboxylic acids is 1. The molecule has 2 heterocycles. The maximum atomic E-state index is 12.2. The van der Waals surface area contributed by atoms with Crippen molar-refractivity contribution in [3.63, 3.8) is 0 Å². The highest BCUT2D eigenvalue weighted by Gasteiger charge is 2.22. The smallest absolute Gasteiger partial charge is 0.234 e. The molecular formula is C17H27N5O. The number of anilines is 1. The molecule has 0 bridgehead atoms. The van der Waals surface area contributed by atoms with Crippen molar-refractivity contribution >= 4 is 11.7 Å². The summed E-state index contributed by atoms with van der Waals surface area (Å²) in [6.07, 6.45) is 9.70. The minimum Gasteiger partial charge on any atom is -0.353 e. The van der Waals surface area contributed by atoms with E-state index in [2.05, 4.69) is 25.1 Å². The van der Waals surface area contributed by atoms with E-state index in [1.54, 1.807) is 6.20 Å². The Balaban J connectivity index is 1.42. The topological polar surface area (TPSA) is 61.4 Å². The van der Waals surface area contributed by atoms with Gasteiger partial charge in [-0.15, -0.1) is 0 Å². The lowest BCUT2D eigenvalue weighted by Crippen LogP contribution is -2.51. The largest absolute Gasteiger partial charge is 0.353 e. The highest BCUT2D eigenvalue weighted by atomic mass is 16.2. The predicted molar refractivity (Wildman–Crippen MR) is 90.4 cm³/mol.